The average Bonchev–Trinajstić information content (AvgIpc) is 3.25. The van der Waals surface area contributed by atoms with Crippen molar-refractivity contribution in [3.63, 3.8) is 0 Å². The van der Waals surface area contributed by atoms with Gasteiger partial charge in [-0.3, -0.25) is 14.6 Å². The van der Waals surface area contributed by atoms with Crippen LogP contribution < -0.4 is 5.32 Å². The SMILES string of the molecule is O=C(NCCN1CCN(Cc2ccccc2)CC1)c1ccn(Cc2ccccc2)c1. The molecule has 1 saturated heterocycles. The number of hydrogen-bond acceptors (Lipinski definition) is 3. The quantitative estimate of drug-likeness (QED) is 0.630. The standard InChI is InChI=1S/C25H30N4O/c30-25(24-11-13-29(21-24)20-23-9-5-2-6-10-23)26-12-14-27-15-17-28(18-16-27)19-22-7-3-1-4-8-22/h1-11,13,21H,12,14-20H2,(H,26,30). The van der Waals surface area contributed by atoms with Crippen molar-refractivity contribution in [1.29, 1.82) is 0 Å². The summed E-state index contributed by atoms with van der Waals surface area (Å²) in [6, 6.07) is 22.8. The van der Waals surface area contributed by atoms with Gasteiger partial charge in [-0.15, -0.1) is 0 Å². The third kappa shape index (κ3) is 5.81. The first-order chi connectivity index (χ1) is 14.8. The third-order valence-corrected chi connectivity index (χ3v) is 5.65. The molecule has 1 aliphatic heterocycles. The molecule has 0 radical (unpaired) electrons. The van der Waals surface area contributed by atoms with Crippen LogP contribution in [0.1, 0.15) is 21.5 Å². The molecule has 1 amide bonds. The molecule has 0 spiro atoms. The molecular weight excluding hydrogens is 372 g/mol. The molecule has 1 fully saturated rings. The summed E-state index contributed by atoms with van der Waals surface area (Å²) in [5.41, 5.74) is 3.32. The van der Waals surface area contributed by atoms with Gasteiger partial charge in [-0.1, -0.05) is 60.7 Å². The van der Waals surface area contributed by atoms with E-state index in [0.717, 1.165) is 51.4 Å². The zero-order valence-electron chi connectivity index (χ0n) is 17.4. The molecule has 0 aliphatic carbocycles. The molecule has 0 unspecified atom stereocenters. The van der Waals surface area contributed by atoms with Gasteiger partial charge in [-0.25, -0.2) is 0 Å². The van der Waals surface area contributed by atoms with Gasteiger partial charge in [0.25, 0.3) is 5.91 Å². The summed E-state index contributed by atoms with van der Waals surface area (Å²) in [6.07, 6.45) is 3.89. The first-order valence-corrected chi connectivity index (χ1v) is 10.7. The van der Waals surface area contributed by atoms with E-state index in [1.54, 1.807) is 0 Å². The van der Waals surface area contributed by atoms with Crippen LogP contribution in [0.2, 0.25) is 0 Å². The normalized spacial score (nSPS) is 15.2. The monoisotopic (exact) mass is 402 g/mol. The molecule has 0 bridgehead atoms. The molecule has 0 saturated carbocycles. The predicted molar refractivity (Wildman–Crippen MR) is 120 cm³/mol. The Bertz CT molecular complexity index is 915. The second-order valence-corrected chi connectivity index (χ2v) is 7.92. The van der Waals surface area contributed by atoms with Crippen LogP contribution in [-0.2, 0) is 13.1 Å². The lowest BCUT2D eigenvalue weighted by atomic mass is 10.2. The summed E-state index contributed by atoms with van der Waals surface area (Å²) in [7, 11) is 0. The maximum absolute atomic E-state index is 12.5. The van der Waals surface area contributed by atoms with Crippen LogP contribution in [0.3, 0.4) is 0 Å². The number of benzene rings is 2. The van der Waals surface area contributed by atoms with Crippen molar-refractivity contribution < 1.29 is 4.79 Å². The Morgan fingerprint density at radius 1 is 0.767 bits per heavy atom. The van der Waals surface area contributed by atoms with E-state index in [9.17, 15) is 4.79 Å². The number of aromatic nitrogens is 1. The third-order valence-electron chi connectivity index (χ3n) is 5.65. The first kappa shape index (κ1) is 20.4. The highest BCUT2D eigenvalue weighted by atomic mass is 16.1. The van der Waals surface area contributed by atoms with Crippen molar-refractivity contribution in [2.45, 2.75) is 13.1 Å². The highest BCUT2D eigenvalue weighted by Crippen LogP contribution is 2.09. The second kappa shape index (κ2) is 10.2. The number of hydrogen-bond donors (Lipinski definition) is 1. The molecular formula is C25H30N4O. The molecule has 156 valence electrons. The summed E-state index contributed by atoms with van der Waals surface area (Å²) in [5.74, 6) is 0.00419. The Morgan fingerprint density at radius 2 is 1.37 bits per heavy atom. The van der Waals surface area contributed by atoms with Crippen LogP contribution in [0.4, 0.5) is 0 Å². The van der Waals surface area contributed by atoms with Crippen molar-refractivity contribution >= 4 is 5.91 Å². The van der Waals surface area contributed by atoms with Gasteiger partial charge in [0.05, 0.1) is 5.56 Å². The number of piperazine rings is 1. The summed E-state index contributed by atoms with van der Waals surface area (Å²) in [5, 5.41) is 3.07. The van der Waals surface area contributed by atoms with E-state index in [-0.39, 0.29) is 5.91 Å². The molecule has 5 nitrogen and oxygen atoms in total. The molecule has 2 heterocycles. The minimum Gasteiger partial charge on any atom is -0.351 e. The van der Waals surface area contributed by atoms with Gasteiger partial charge in [-0.2, -0.15) is 0 Å². The van der Waals surface area contributed by atoms with Gasteiger partial charge in [0, 0.05) is 64.8 Å². The van der Waals surface area contributed by atoms with Gasteiger partial charge < -0.3 is 9.88 Å². The lowest BCUT2D eigenvalue weighted by molar-refractivity contribution is 0.0934. The van der Waals surface area contributed by atoms with Gasteiger partial charge >= 0.3 is 0 Å². The number of carbonyl (C=O) groups is 1. The number of nitrogens with zero attached hydrogens (tertiary/aromatic N) is 3. The fraction of sp³-hybridized carbons (Fsp3) is 0.320. The zero-order chi connectivity index (χ0) is 20.6. The van der Waals surface area contributed by atoms with Crippen molar-refractivity contribution in [3.05, 3.63) is 95.8 Å². The highest BCUT2D eigenvalue weighted by molar-refractivity contribution is 5.94. The molecule has 2 aromatic carbocycles. The molecule has 1 aromatic heterocycles. The van der Waals surface area contributed by atoms with Crippen LogP contribution in [0.15, 0.2) is 79.1 Å². The van der Waals surface area contributed by atoms with Crippen molar-refractivity contribution in [3.8, 4) is 0 Å². The smallest absolute Gasteiger partial charge is 0.252 e. The molecule has 4 rings (SSSR count). The summed E-state index contributed by atoms with van der Waals surface area (Å²) in [6.45, 7) is 7.63. The minimum atomic E-state index is 0.00419. The predicted octanol–water partition coefficient (Wildman–Crippen LogP) is 3.08. The van der Waals surface area contributed by atoms with E-state index in [0.29, 0.717) is 6.54 Å². The lowest BCUT2D eigenvalue weighted by Crippen LogP contribution is -2.48. The maximum Gasteiger partial charge on any atom is 0.252 e. The largest absolute Gasteiger partial charge is 0.351 e. The molecule has 30 heavy (non-hydrogen) atoms. The van der Waals surface area contributed by atoms with E-state index in [1.165, 1.54) is 11.1 Å². The van der Waals surface area contributed by atoms with Gasteiger partial charge in [0.1, 0.15) is 0 Å². The number of amides is 1. The Labute approximate surface area is 178 Å². The number of rotatable bonds is 8. The Morgan fingerprint density at radius 3 is 2.03 bits per heavy atom. The summed E-state index contributed by atoms with van der Waals surface area (Å²) >= 11 is 0. The number of nitrogens with one attached hydrogen (secondary N) is 1. The van der Waals surface area contributed by atoms with Gasteiger partial charge in [0.2, 0.25) is 0 Å². The van der Waals surface area contributed by atoms with Crippen molar-refractivity contribution in [2.24, 2.45) is 0 Å². The van der Waals surface area contributed by atoms with E-state index < -0.39 is 0 Å². The van der Waals surface area contributed by atoms with Crippen molar-refractivity contribution in [2.75, 3.05) is 39.3 Å². The Hall–Kier alpha value is -2.89. The average molecular weight is 403 g/mol. The van der Waals surface area contributed by atoms with E-state index >= 15 is 0 Å². The Balaban J connectivity index is 1.16. The molecule has 1 aliphatic rings. The molecule has 1 N–H and O–H groups in total. The first-order valence-electron chi connectivity index (χ1n) is 10.7. The van der Waals surface area contributed by atoms with Gasteiger partial charge in [-0.05, 0) is 17.2 Å². The van der Waals surface area contributed by atoms with E-state index in [1.807, 2.05) is 36.7 Å². The highest BCUT2D eigenvalue weighted by Gasteiger charge is 2.17. The number of carbonyl (C=O) groups excluding carboxylic acids is 1. The zero-order valence-corrected chi connectivity index (χ0v) is 17.4. The van der Waals surface area contributed by atoms with Crippen LogP contribution >= 0.6 is 0 Å². The van der Waals surface area contributed by atoms with Crippen LogP contribution in [0.5, 0.6) is 0 Å². The van der Waals surface area contributed by atoms with Crippen LogP contribution in [-0.4, -0.2) is 59.5 Å². The Kier molecular flexibility index (Phi) is 6.95. The topological polar surface area (TPSA) is 40.5 Å². The summed E-state index contributed by atoms with van der Waals surface area (Å²) in [4.78, 5) is 17.4. The van der Waals surface area contributed by atoms with Crippen molar-refractivity contribution in [1.82, 2.24) is 19.7 Å². The summed E-state index contributed by atoms with van der Waals surface area (Å²) < 4.78 is 2.05. The van der Waals surface area contributed by atoms with Gasteiger partial charge in [0.15, 0.2) is 0 Å². The maximum atomic E-state index is 12.5. The minimum absolute atomic E-state index is 0.00419. The molecule has 3 aromatic rings. The fourth-order valence-corrected chi connectivity index (χ4v) is 3.91. The molecule has 5 heteroatoms. The lowest BCUT2D eigenvalue weighted by Gasteiger charge is -2.34. The fourth-order valence-electron chi connectivity index (χ4n) is 3.91. The van der Waals surface area contributed by atoms with Crippen LogP contribution in [0, 0.1) is 0 Å². The molecule has 0 atom stereocenters. The van der Waals surface area contributed by atoms with E-state index in [4.69, 9.17) is 0 Å². The van der Waals surface area contributed by atoms with Crippen LogP contribution in [0.25, 0.3) is 0 Å². The van der Waals surface area contributed by atoms with E-state index in [2.05, 4.69) is 62.1 Å². The second-order valence-electron chi connectivity index (χ2n) is 7.92.